The van der Waals surface area contributed by atoms with Gasteiger partial charge in [-0.3, -0.25) is 4.79 Å². The van der Waals surface area contributed by atoms with Crippen molar-refractivity contribution < 1.29 is 22.7 Å². The number of rotatable bonds is 2. The Balaban J connectivity index is 1.92. The lowest BCUT2D eigenvalue weighted by Gasteiger charge is -2.30. The molecule has 1 N–H and O–H groups in total. The molecule has 0 spiro atoms. The number of sulfonamides is 1. The van der Waals surface area contributed by atoms with Crippen LogP contribution >= 0.6 is 0 Å². The topological polar surface area (TPSA) is 84.9 Å². The second-order valence-corrected chi connectivity index (χ2v) is 6.98. The standard InChI is InChI=1S/C13H16N2O5S/c1-9-7-15(4-5-19-9)21(17,18)10-2-3-12-11(6-10)14-13(16)8-20-12/h2-3,6,9H,4-5,7-8H2,1H3,(H,14,16)/t9-/m0/s1. The molecule has 8 heteroatoms. The van der Waals surface area contributed by atoms with Crippen LogP contribution in [0.1, 0.15) is 6.92 Å². The highest BCUT2D eigenvalue weighted by molar-refractivity contribution is 7.89. The minimum Gasteiger partial charge on any atom is -0.482 e. The van der Waals surface area contributed by atoms with Crippen molar-refractivity contribution in [2.24, 2.45) is 0 Å². The van der Waals surface area contributed by atoms with Crippen molar-refractivity contribution in [2.75, 3.05) is 31.6 Å². The van der Waals surface area contributed by atoms with Crippen molar-refractivity contribution in [3.63, 3.8) is 0 Å². The summed E-state index contributed by atoms with van der Waals surface area (Å²) >= 11 is 0. The van der Waals surface area contributed by atoms with Gasteiger partial charge in [0.25, 0.3) is 5.91 Å². The first-order valence-electron chi connectivity index (χ1n) is 6.65. The van der Waals surface area contributed by atoms with Crippen molar-refractivity contribution in [2.45, 2.75) is 17.9 Å². The molecule has 3 rings (SSSR count). The first kappa shape index (κ1) is 14.3. The summed E-state index contributed by atoms with van der Waals surface area (Å²) in [7, 11) is -3.60. The highest BCUT2D eigenvalue weighted by atomic mass is 32.2. The zero-order valence-corrected chi connectivity index (χ0v) is 12.4. The molecule has 0 bridgehead atoms. The Morgan fingerprint density at radius 2 is 2.19 bits per heavy atom. The van der Waals surface area contributed by atoms with Gasteiger partial charge in [-0.15, -0.1) is 0 Å². The zero-order chi connectivity index (χ0) is 15.0. The largest absolute Gasteiger partial charge is 0.482 e. The maximum absolute atomic E-state index is 12.6. The molecule has 2 aliphatic heterocycles. The summed E-state index contributed by atoms with van der Waals surface area (Å²) in [6, 6.07) is 4.49. The highest BCUT2D eigenvalue weighted by Crippen LogP contribution is 2.31. The van der Waals surface area contributed by atoms with Crippen molar-refractivity contribution in [1.29, 1.82) is 0 Å². The van der Waals surface area contributed by atoms with Crippen LogP contribution in [0.25, 0.3) is 0 Å². The molecule has 1 saturated heterocycles. The summed E-state index contributed by atoms with van der Waals surface area (Å²) in [6.07, 6.45) is -0.130. The predicted molar refractivity (Wildman–Crippen MR) is 74.7 cm³/mol. The fourth-order valence-electron chi connectivity index (χ4n) is 2.38. The normalized spacial score (nSPS) is 23.1. The number of amides is 1. The summed E-state index contributed by atoms with van der Waals surface area (Å²) < 4.78 is 37.2. The van der Waals surface area contributed by atoms with Crippen LogP contribution in [0.4, 0.5) is 5.69 Å². The Labute approximate surface area is 122 Å². The maximum atomic E-state index is 12.6. The summed E-state index contributed by atoms with van der Waals surface area (Å²) in [5.74, 6) is 0.181. The molecule has 0 unspecified atom stereocenters. The smallest absolute Gasteiger partial charge is 0.262 e. The van der Waals surface area contributed by atoms with E-state index >= 15 is 0 Å². The Kier molecular flexibility index (Phi) is 3.60. The van der Waals surface area contributed by atoms with Gasteiger partial charge in [0.2, 0.25) is 10.0 Å². The molecule has 1 aromatic rings. The van der Waals surface area contributed by atoms with E-state index in [0.29, 0.717) is 31.1 Å². The molecule has 1 amide bonds. The van der Waals surface area contributed by atoms with Crippen molar-refractivity contribution in [1.82, 2.24) is 4.31 Å². The molecular formula is C13H16N2O5S. The number of anilines is 1. The third-order valence-electron chi connectivity index (χ3n) is 3.43. The predicted octanol–water partition coefficient (Wildman–Crippen LogP) is 0.427. The van der Waals surface area contributed by atoms with Crippen LogP contribution in [-0.4, -0.2) is 51.0 Å². The van der Waals surface area contributed by atoms with E-state index < -0.39 is 10.0 Å². The lowest BCUT2D eigenvalue weighted by molar-refractivity contribution is -0.118. The fraction of sp³-hybridized carbons (Fsp3) is 0.462. The van der Waals surface area contributed by atoms with E-state index in [-0.39, 0.29) is 23.5 Å². The van der Waals surface area contributed by atoms with Crippen LogP contribution < -0.4 is 10.1 Å². The number of nitrogens with one attached hydrogen (secondary N) is 1. The zero-order valence-electron chi connectivity index (χ0n) is 11.5. The molecule has 7 nitrogen and oxygen atoms in total. The molecular weight excluding hydrogens is 296 g/mol. The number of hydrogen-bond acceptors (Lipinski definition) is 5. The van der Waals surface area contributed by atoms with Crippen LogP contribution in [0.3, 0.4) is 0 Å². The quantitative estimate of drug-likeness (QED) is 0.856. The summed E-state index contributed by atoms with van der Waals surface area (Å²) in [5, 5.41) is 2.61. The first-order chi connectivity index (χ1) is 9.96. The second kappa shape index (κ2) is 5.28. The average molecular weight is 312 g/mol. The van der Waals surface area contributed by atoms with Crippen LogP contribution in [0.5, 0.6) is 5.75 Å². The molecule has 1 fully saturated rings. The SMILES string of the molecule is C[C@H]1CN(S(=O)(=O)c2ccc3c(c2)NC(=O)CO3)CCO1. The maximum Gasteiger partial charge on any atom is 0.262 e. The van der Waals surface area contributed by atoms with Gasteiger partial charge in [-0.25, -0.2) is 8.42 Å². The molecule has 2 aliphatic rings. The van der Waals surface area contributed by atoms with Crippen LogP contribution in [0.2, 0.25) is 0 Å². The van der Waals surface area contributed by atoms with Gasteiger partial charge in [0.05, 0.1) is 23.3 Å². The fourth-order valence-corrected chi connectivity index (χ4v) is 3.90. The lowest BCUT2D eigenvalue weighted by Crippen LogP contribution is -2.44. The number of hydrogen-bond donors (Lipinski definition) is 1. The first-order valence-corrected chi connectivity index (χ1v) is 8.09. The molecule has 114 valence electrons. The Morgan fingerprint density at radius 3 is 2.95 bits per heavy atom. The monoisotopic (exact) mass is 312 g/mol. The Morgan fingerprint density at radius 1 is 1.38 bits per heavy atom. The molecule has 2 heterocycles. The van der Waals surface area contributed by atoms with E-state index in [2.05, 4.69) is 5.32 Å². The van der Waals surface area contributed by atoms with Gasteiger partial charge in [0.1, 0.15) is 5.75 Å². The van der Waals surface area contributed by atoms with Crippen molar-refractivity contribution >= 4 is 21.6 Å². The second-order valence-electron chi connectivity index (χ2n) is 5.04. The lowest BCUT2D eigenvalue weighted by atomic mass is 10.2. The molecule has 0 aliphatic carbocycles. The number of benzene rings is 1. The van der Waals surface area contributed by atoms with Crippen LogP contribution in [0.15, 0.2) is 23.1 Å². The molecule has 1 atom stereocenters. The third kappa shape index (κ3) is 2.74. The average Bonchev–Trinajstić information content (AvgIpc) is 2.46. The van der Waals surface area contributed by atoms with Gasteiger partial charge in [-0.05, 0) is 25.1 Å². The van der Waals surface area contributed by atoms with Crippen molar-refractivity contribution in [3.8, 4) is 5.75 Å². The van der Waals surface area contributed by atoms with Gasteiger partial charge in [0, 0.05) is 13.1 Å². The Bertz CT molecular complexity index is 673. The minimum atomic E-state index is -3.60. The number of carbonyl (C=O) groups excluding carboxylic acids is 1. The number of carbonyl (C=O) groups is 1. The number of fused-ring (bicyclic) bond motifs is 1. The molecule has 0 saturated carbocycles. The minimum absolute atomic E-state index is 0.0555. The third-order valence-corrected chi connectivity index (χ3v) is 5.29. The van der Waals surface area contributed by atoms with Gasteiger partial charge in [0.15, 0.2) is 6.61 Å². The van der Waals surface area contributed by atoms with E-state index in [1.165, 1.54) is 16.4 Å². The number of nitrogens with zero attached hydrogens (tertiary/aromatic N) is 1. The summed E-state index contributed by atoms with van der Waals surface area (Å²) in [4.78, 5) is 11.5. The van der Waals surface area contributed by atoms with E-state index in [1.54, 1.807) is 6.07 Å². The molecule has 0 aromatic heterocycles. The van der Waals surface area contributed by atoms with Gasteiger partial charge in [-0.1, -0.05) is 0 Å². The van der Waals surface area contributed by atoms with Gasteiger partial charge < -0.3 is 14.8 Å². The highest BCUT2D eigenvalue weighted by Gasteiger charge is 2.30. The molecule has 1 aromatic carbocycles. The van der Waals surface area contributed by atoms with E-state index in [1.807, 2.05) is 6.92 Å². The Hall–Kier alpha value is -1.64. The summed E-state index contributed by atoms with van der Waals surface area (Å²) in [5.41, 5.74) is 0.383. The number of ether oxygens (including phenoxy) is 2. The molecule has 0 radical (unpaired) electrons. The van der Waals surface area contributed by atoms with Crippen molar-refractivity contribution in [3.05, 3.63) is 18.2 Å². The van der Waals surface area contributed by atoms with Crippen LogP contribution in [0, 0.1) is 0 Å². The summed E-state index contributed by atoms with van der Waals surface area (Å²) in [6.45, 7) is 2.81. The number of morpholine rings is 1. The van der Waals surface area contributed by atoms with E-state index in [9.17, 15) is 13.2 Å². The van der Waals surface area contributed by atoms with Crippen LogP contribution in [-0.2, 0) is 19.6 Å². The van der Waals surface area contributed by atoms with E-state index in [4.69, 9.17) is 9.47 Å². The van der Waals surface area contributed by atoms with E-state index in [0.717, 1.165) is 0 Å². The molecule has 21 heavy (non-hydrogen) atoms. The van der Waals surface area contributed by atoms with Gasteiger partial charge in [-0.2, -0.15) is 4.31 Å². The van der Waals surface area contributed by atoms with Gasteiger partial charge >= 0.3 is 0 Å².